The van der Waals surface area contributed by atoms with Crippen molar-refractivity contribution in [2.75, 3.05) is 12.4 Å². The number of anilines is 1. The summed E-state index contributed by atoms with van der Waals surface area (Å²) in [6.07, 6.45) is -0.709. The Balaban J connectivity index is 2.52. The molecule has 0 saturated heterocycles. The smallest absolute Gasteiger partial charge is 0.357 e. The van der Waals surface area contributed by atoms with Crippen LogP contribution in [0.25, 0.3) is 0 Å². The Morgan fingerprint density at radius 1 is 1.00 bits per heavy atom. The molecule has 0 radical (unpaired) electrons. The summed E-state index contributed by atoms with van der Waals surface area (Å²) in [5, 5.41) is 14.2. The monoisotopic (exact) mass is 422 g/mol. The summed E-state index contributed by atoms with van der Waals surface area (Å²) >= 11 is 0. The van der Waals surface area contributed by atoms with Gasteiger partial charge in [0.25, 0.3) is 5.69 Å². The molecule has 2 rings (SSSR count). The number of ether oxygens (including phenoxy) is 1. The van der Waals surface area contributed by atoms with Gasteiger partial charge in [-0.15, -0.1) is 0 Å². The zero-order valence-electron chi connectivity index (χ0n) is 17.2. The first-order chi connectivity index (χ1) is 13.6. The molecule has 2 aromatic rings. The van der Waals surface area contributed by atoms with Gasteiger partial charge in [0.15, 0.2) is 5.78 Å². The molecule has 0 saturated carbocycles. The fourth-order valence-corrected chi connectivity index (χ4v) is 5.05. The van der Waals surface area contributed by atoms with E-state index >= 15 is 0 Å². The van der Waals surface area contributed by atoms with Crippen LogP contribution in [0.3, 0.4) is 0 Å². The highest BCUT2D eigenvalue weighted by molar-refractivity contribution is 7.54. The minimum Gasteiger partial charge on any atom is -0.497 e. The first kappa shape index (κ1) is 22.9. The van der Waals surface area contributed by atoms with Crippen LogP contribution < -0.4 is 10.1 Å². The third-order valence-electron chi connectivity index (χ3n) is 3.82. The summed E-state index contributed by atoms with van der Waals surface area (Å²) in [7, 11) is -2.16. The molecule has 0 amide bonds. The lowest BCUT2D eigenvalue weighted by molar-refractivity contribution is -0.384. The van der Waals surface area contributed by atoms with E-state index in [2.05, 4.69) is 5.32 Å². The van der Waals surface area contributed by atoms with Crippen molar-refractivity contribution in [2.45, 2.75) is 45.7 Å². The minimum absolute atomic E-state index is 0.0760. The maximum absolute atomic E-state index is 13.8. The molecular formula is C20H27N2O6P. The molecule has 0 aliphatic heterocycles. The Hall–Kier alpha value is -2.41. The molecule has 0 aliphatic rings. The summed E-state index contributed by atoms with van der Waals surface area (Å²) in [5.74, 6) is -0.229. The molecule has 0 unspecified atom stereocenters. The van der Waals surface area contributed by atoms with E-state index in [1.54, 1.807) is 71.2 Å². The average molecular weight is 422 g/mol. The second-order valence-corrected chi connectivity index (χ2v) is 8.99. The van der Waals surface area contributed by atoms with Gasteiger partial charge in [-0.05, 0) is 51.5 Å². The molecule has 29 heavy (non-hydrogen) atoms. The third-order valence-corrected chi connectivity index (χ3v) is 6.31. The summed E-state index contributed by atoms with van der Waals surface area (Å²) < 4.78 is 30.6. The molecule has 0 spiro atoms. The SMILES string of the molecule is COc1ccc([C@@H](Nc2cccc([N+](=O)[O-])c2)P(=O)(OC(C)C)OC(C)C)cc1. The highest BCUT2D eigenvalue weighted by Gasteiger charge is 2.39. The number of hydrogen-bond donors (Lipinski definition) is 1. The standard InChI is InChI=1S/C20H27N2O6P/c1-14(2)27-29(25,28-15(3)4)20(16-9-11-19(26-5)12-10-16)21-17-7-6-8-18(13-17)22(23)24/h6-15,20-21H,1-5H3/t20-/m0/s1. The van der Waals surface area contributed by atoms with Crippen molar-refractivity contribution in [2.24, 2.45) is 0 Å². The summed E-state index contributed by atoms with van der Waals surface area (Å²) in [4.78, 5) is 10.6. The van der Waals surface area contributed by atoms with E-state index in [1.807, 2.05) is 0 Å². The minimum atomic E-state index is -3.71. The van der Waals surface area contributed by atoms with E-state index in [4.69, 9.17) is 13.8 Å². The van der Waals surface area contributed by atoms with Gasteiger partial charge < -0.3 is 19.1 Å². The van der Waals surface area contributed by atoms with Crippen molar-refractivity contribution in [3.63, 3.8) is 0 Å². The lowest BCUT2D eigenvalue weighted by atomic mass is 10.2. The second kappa shape index (κ2) is 9.87. The number of nitro groups is 1. The van der Waals surface area contributed by atoms with Gasteiger partial charge >= 0.3 is 7.60 Å². The Morgan fingerprint density at radius 3 is 2.07 bits per heavy atom. The van der Waals surface area contributed by atoms with Crippen LogP contribution in [0.15, 0.2) is 48.5 Å². The normalized spacial score (nSPS) is 12.8. The fourth-order valence-electron chi connectivity index (χ4n) is 2.73. The van der Waals surface area contributed by atoms with Crippen molar-refractivity contribution in [3.8, 4) is 5.75 Å². The highest BCUT2D eigenvalue weighted by Crippen LogP contribution is 2.62. The highest BCUT2D eigenvalue weighted by atomic mass is 31.2. The zero-order chi connectivity index (χ0) is 21.6. The van der Waals surface area contributed by atoms with Gasteiger partial charge in [-0.1, -0.05) is 18.2 Å². The van der Waals surface area contributed by atoms with E-state index in [0.29, 0.717) is 17.0 Å². The molecular weight excluding hydrogens is 395 g/mol. The van der Waals surface area contributed by atoms with Crippen LogP contribution in [-0.4, -0.2) is 24.2 Å². The molecule has 0 aliphatic carbocycles. The molecule has 1 atom stereocenters. The van der Waals surface area contributed by atoms with Crippen LogP contribution in [0.2, 0.25) is 0 Å². The predicted octanol–water partition coefficient (Wildman–Crippen LogP) is 5.76. The Kier molecular flexibility index (Phi) is 7.79. The van der Waals surface area contributed by atoms with Crippen molar-refractivity contribution in [1.82, 2.24) is 0 Å². The second-order valence-electron chi connectivity index (χ2n) is 6.98. The quantitative estimate of drug-likeness (QED) is 0.295. The van der Waals surface area contributed by atoms with Crippen LogP contribution in [0.4, 0.5) is 11.4 Å². The number of rotatable bonds is 10. The average Bonchev–Trinajstić information content (AvgIpc) is 2.65. The summed E-state index contributed by atoms with van der Waals surface area (Å²) in [6, 6.07) is 13.0. The van der Waals surface area contributed by atoms with Crippen LogP contribution in [0.1, 0.15) is 39.0 Å². The van der Waals surface area contributed by atoms with Crippen LogP contribution in [0, 0.1) is 10.1 Å². The Morgan fingerprint density at radius 2 is 1.59 bits per heavy atom. The van der Waals surface area contributed by atoms with Gasteiger partial charge in [0.05, 0.1) is 24.2 Å². The van der Waals surface area contributed by atoms with Gasteiger partial charge in [-0.3, -0.25) is 14.7 Å². The number of nitrogens with zero attached hydrogens (tertiary/aromatic N) is 1. The number of nitro benzene ring substituents is 1. The lowest BCUT2D eigenvalue weighted by Gasteiger charge is -2.31. The van der Waals surface area contributed by atoms with Gasteiger partial charge in [-0.2, -0.15) is 0 Å². The largest absolute Gasteiger partial charge is 0.497 e. The van der Waals surface area contributed by atoms with Gasteiger partial charge in [-0.25, -0.2) is 0 Å². The third kappa shape index (κ3) is 6.29. The summed E-state index contributed by atoms with van der Waals surface area (Å²) in [6.45, 7) is 7.09. The van der Waals surface area contributed by atoms with Crippen LogP contribution >= 0.6 is 7.60 Å². The number of hydrogen-bond acceptors (Lipinski definition) is 7. The Bertz CT molecular complexity index is 856. The van der Waals surface area contributed by atoms with Crippen LogP contribution in [-0.2, 0) is 13.6 Å². The maximum Gasteiger partial charge on any atom is 0.357 e. The number of nitrogens with one attached hydrogen (secondary N) is 1. The first-order valence-electron chi connectivity index (χ1n) is 9.26. The van der Waals surface area contributed by atoms with Crippen molar-refractivity contribution < 1.29 is 23.3 Å². The van der Waals surface area contributed by atoms with Gasteiger partial charge in [0.1, 0.15) is 5.75 Å². The molecule has 0 bridgehead atoms. The van der Waals surface area contributed by atoms with Crippen molar-refractivity contribution in [3.05, 3.63) is 64.2 Å². The zero-order valence-corrected chi connectivity index (χ0v) is 18.1. The van der Waals surface area contributed by atoms with Crippen molar-refractivity contribution in [1.29, 1.82) is 0 Å². The molecule has 2 aromatic carbocycles. The predicted molar refractivity (Wildman–Crippen MR) is 113 cm³/mol. The molecule has 0 fully saturated rings. The van der Waals surface area contributed by atoms with Gasteiger partial charge in [0, 0.05) is 17.8 Å². The first-order valence-corrected chi connectivity index (χ1v) is 10.9. The number of non-ortho nitro benzene ring substituents is 1. The van der Waals surface area contributed by atoms with Crippen molar-refractivity contribution >= 4 is 19.0 Å². The van der Waals surface area contributed by atoms with Crippen LogP contribution in [0.5, 0.6) is 5.75 Å². The number of methoxy groups -OCH3 is 1. The van der Waals surface area contributed by atoms with E-state index in [0.717, 1.165) is 0 Å². The fraction of sp³-hybridized carbons (Fsp3) is 0.400. The molecule has 9 heteroatoms. The van der Waals surface area contributed by atoms with E-state index in [1.165, 1.54) is 12.1 Å². The topological polar surface area (TPSA) is 99.9 Å². The lowest BCUT2D eigenvalue weighted by Crippen LogP contribution is -2.19. The molecule has 1 N–H and O–H groups in total. The molecule has 0 aromatic heterocycles. The maximum atomic E-state index is 13.8. The molecule has 158 valence electrons. The van der Waals surface area contributed by atoms with E-state index < -0.39 is 18.3 Å². The van der Waals surface area contributed by atoms with E-state index in [-0.39, 0.29) is 17.9 Å². The molecule has 8 nitrogen and oxygen atoms in total. The molecule has 0 heterocycles. The van der Waals surface area contributed by atoms with Gasteiger partial charge in [0.2, 0.25) is 0 Å². The summed E-state index contributed by atoms with van der Waals surface area (Å²) in [5.41, 5.74) is 0.995. The number of benzene rings is 2. The Labute approximate surface area is 170 Å². The van der Waals surface area contributed by atoms with E-state index in [9.17, 15) is 14.7 Å².